The Hall–Kier alpha value is -2.18. The van der Waals surface area contributed by atoms with Crippen molar-refractivity contribution in [3.63, 3.8) is 0 Å². The van der Waals surface area contributed by atoms with Crippen LogP contribution in [0.3, 0.4) is 0 Å². The van der Waals surface area contributed by atoms with Crippen molar-refractivity contribution in [2.75, 3.05) is 18.0 Å². The number of nitro benzene ring substituents is 2. The first-order valence-corrected chi connectivity index (χ1v) is 5.75. The van der Waals surface area contributed by atoms with Crippen molar-refractivity contribution in [3.05, 3.63) is 37.9 Å². The van der Waals surface area contributed by atoms with Crippen LogP contribution in [0.25, 0.3) is 0 Å². The average Bonchev–Trinajstić information content (AvgIpc) is 2.36. The minimum Gasteiger partial charge on any atom is -0.371 e. The van der Waals surface area contributed by atoms with Crippen LogP contribution in [0.1, 0.15) is 18.9 Å². The van der Waals surface area contributed by atoms with E-state index in [0.717, 1.165) is 19.0 Å². The molecule has 18 heavy (non-hydrogen) atoms. The van der Waals surface area contributed by atoms with E-state index >= 15 is 0 Å². The zero-order valence-electron chi connectivity index (χ0n) is 9.96. The van der Waals surface area contributed by atoms with Gasteiger partial charge < -0.3 is 4.90 Å². The molecule has 0 aromatic heterocycles. The maximum absolute atomic E-state index is 11.0. The maximum Gasteiger partial charge on any atom is 0.281 e. The number of non-ortho nitro benzene ring substituents is 1. The van der Waals surface area contributed by atoms with E-state index in [9.17, 15) is 20.2 Å². The summed E-state index contributed by atoms with van der Waals surface area (Å²) in [6.07, 6.45) is 1.43. The van der Waals surface area contributed by atoms with E-state index in [1.165, 1.54) is 6.07 Å². The van der Waals surface area contributed by atoms with E-state index in [-0.39, 0.29) is 11.4 Å². The molecule has 0 N–H and O–H groups in total. The SMILES string of the molecule is CCN1CCCc2c1cc([N+](=O)[O-])cc2[N+](=O)[O-]. The molecule has 0 spiro atoms. The van der Waals surface area contributed by atoms with Crippen molar-refractivity contribution in [1.29, 1.82) is 0 Å². The highest BCUT2D eigenvalue weighted by molar-refractivity contribution is 5.68. The summed E-state index contributed by atoms with van der Waals surface area (Å²) in [4.78, 5) is 22.6. The van der Waals surface area contributed by atoms with Crippen molar-refractivity contribution < 1.29 is 9.85 Å². The Morgan fingerprint density at radius 2 is 2.00 bits per heavy atom. The van der Waals surface area contributed by atoms with Gasteiger partial charge in [0.1, 0.15) is 0 Å². The zero-order valence-corrected chi connectivity index (χ0v) is 9.96. The summed E-state index contributed by atoms with van der Waals surface area (Å²) in [6.45, 7) is 3.40. The lowest BCUT2D eigenvalue weighted by atomic mass is 9.99. The number of hydrogen-bond donors (Lipinski definition) is 0. The molecule has 7 heteroatoms. The molecule has 1 aromatic carbocycles. The number of rotatable bonds is 3. The van der Waals surface area contributed by atoms with Crippen molar-refractivity contribution in [1.82, 2.24) is 0 Å². The van der Waals surface area contributed by atoms with E-state index in [1.54, 1.807) is 0 Å². The van der Waals surface area contributed by atoms with Crippen LogP contribution in [-0.4, -0.2) is 22.9 Å². The number of anilines is 1. The van der Waals surface area contributed by atoms with E-state index in [2.05, 4.69) is 0 Å². The normalized spacial score (nSPS) is 14.2. The quantitative estimate of drug-likeness (QED) is 0.607. The lowest BCUT2D eigenvalue weighted by molar-refractivity contribution is -0.394. The second-order valence-corrected chi connectivity index (χ2v) is 4.16. The fraction of sp³-hybridized carbons (Fsp3) is 0.455. The van der Waals surface area contributed by atoms with Gasteiger partial charge in [0, 0.05) is 19.2 Å². The molecule has 0 atom stereocenters. The van der Waals surface area contributed by atoms with E-state index < -0.39 is 9.85 Å². The van der Waals surface area contributed by atoms with E-state index in [1.807, 2.05) is 11.8 Å². The van der Waals surface area contributed by atoms with Gasteiger partial charge in [0.25, 0.3) is 11.4 Å². The first-order valence-electron chi connectivity index (χ1n) is 5.75. The fourth-order valence-electron chi connectivity index (χ4n) is 2.33. The van der Waals surface area contributed by atoms with Crippen LogP contribution < -0.4 is 4.90 Å². The highest BCUT2D eigenvalue weighted by atomic mass is 16.6. The minimum absolute atomic E-state index is 0.141. The largest absolute Gasteiger partial charge is 0.371 e. The van der Waals surface area contributed by atoms with Gasteiger partial charge in [-0.25, -0.2) is 0 Å². The summed E-state index contributed by atoms with van der Waals surface area (Å²) in [5.41, 5.74) is 0.876. The number of fused-ring (bicyclic) bond motifs is 1. The molecular formula is C11H13N3O4. The van der Waals surface area contributed by atoms with Gasteiger partial charge in [-0.3, -0.25) is 20.2 Å². The number of nitrogens with zero attached hydrogens (tertiary/aromatic N) is 3. The van der Waals surface area contributed by atoms with Crippen LogP contribution in [-0.2, 0) is 6.42 Å². The standard InChI is InChI=1S/C11H13N3O4/c1-2-12-5-3-4-9-10(12)6-8(13(15)16)7-11(9)14(17)18/h6-7H,2-5H2,1H3. The molecule has 1 aliphatic heterocycles. The molecule has 7 nitrogen and oxygen atoms in total. The van der Waals surface area contributed by atoms with Crippen LogP contribution in [0.2, 0.25) is 0 Å². The molecule has 0 saturated heterocycles. The monoisotopic (exact) mass is 251 g/mol. The minimum atomic E-state index is -0.588. The lowest BCUT2D eigenvalue weighted by Gasteiger charge is -2.29. The predicted octanol–water partition coefficient (Wildman–Crippen LogP) is 2.28. The number of benzene rings is 1. The highest BCUT2D eigenvalue weighted by Gasteiger charge is 2.28. The third kappa shape index (κ3) is 1.99. The molecule has 0 aliphatic carbocycles. The third-order valence-corrected chi connectivity index (χ3v) is 3.17. The van der Waals surface area contributed by atoms with Gasteiger partial charge in [-0.1, -0.05) is 0 Å². The maximum atomic E-state index is 11.0. The van der Waals surface area contributed by atoms with E-state index in [0.29, 0.717) is 24.2 Å². The summed E-state index contributed by atoms with van der Waals surface area (Å²) in [5, 5.41) is 21.8. The summed E-state index contributed by atoms with van der Waals surface area (Å²) in [7, 11) is 0. The second-order valence-electron chi connectivity index (χ2n) is 4.16. The molecule has 2 rings (SSSR count). The highest BCUT2D eigenvalue weighted by Crippen LogP contribution is 2.37. The Kier molecular flexibility index (Phi) is 3.14. The van der Waals surface area contributed by atoms with Crippen LogP contribution in [0, 0.1) is 20.2 Å². The first kappa shape index (κ1) is 12.3. The van der Waals surface area contributed by atoms with Gasteiger partial charge in [0.15, 0.2) is 0 Å². The van der Waals surface area contributed by atoms with Gasteiger partial charge in [0.05, 0.1) is 27.2 Å². The summed E-state index contributed by atoms with van der Waals surface area (Å²) in [5.74, 6) is 0. The summed E-state index contributed by atoms with van der Waals surface area (Å²) < 4.78 is 0. The zero-order chi connectivity index (χ0) is 13.3. The summed E-state index contributed by atoms with van der Waals surface area (Å²) in [6, 6.07) is 2.49. The van der Waals surface area contributed by atoms with Gasteiger partial charge in [0.2, 0.25) is 0 Å². The molecule has 1 aromatic rings. The van der Waals surface area contributed by atoms with Crippen molar-refractivity contribution in [2.24, 2.45) is 0 Å². The molecule has 1 aliphatic rings. The fourth-order valence-corrected chi connectivity index (χ4v) is 2.33. The Morgan fingerprint density at radius 1 is 1.28 bits per heavy atom. The molecule has 1 heterocycles. The predicted molar refractivity (Wildman–Crippen MR) is 66.0 cm³/mol. The van der Waals surface area contributed by atoms with Crippen molar-refractivity contribution in [3.8, 4) is 0 Å². The Balaban J connectivity index is 2.64. The molecule has 0 unspecified atom stereocenters. The third-order valence-electron chi connectivity index (χ3n) is 3.17. The molecule has 0 bridgehead atoms. The lowest BCUT2D eigenvalue weighted by Crippen LogP contribution is -2.29. The van der Waals surface area contributed by atoms with Crippen molar-refractivity contribution in [2.45, 2.75) is 19.8 Å². The van der Waals surface area contributed by atoms with Crippen molar-refractivity contribution >= 4 is 17.1 Å². The molecular weight excluding hydrogens is 238 g/mol. The Bertz CT molecular complexity index is 515. The van der Waals surface area contributed by atoms with Gasteiger partial charge in [-0.15, -0.1) is 0 Å². The first-order chi connectivity index (χ1) is 8.54. The molecule has 96 valence electrons. The molecule has 0 amide bonds. The molecule has 0 saturated carbocycles. The van der Waals surface area contributed by atoms with Gasteiger partial charge in [-0.05, 0) is 19.8 Å². The Labute approximate surface area is 103 Å². The number of nitro groups is 2. The molecule has 0 radical (unpaired) electrons. The van der Waals surface area contributed by atoms with Crippen LogP contribution >= 0.6 is 0 Å². The Morgan fingerprint density at radius 3 is 2.56 bits per heavy atom. The van der Waals surface area contributed by atoms with Crippen LogP contribution in [0.15, 0.2) is 12.1 Å². The topological polar surface area (TPSA) is 89.5 Å². The van der Waals surface area contributed by atoms with Crippen LogP contribution in [0.5, 0.6) is 0 Å². The van der Waals surface area contributed by atoms with Gasteiger partial charge >= 0.3 is 0 Å². The average molecular weight is 251 g/mol. The summed E-state index contributed by atoms with van der Waals surface area (Å²) >= 11 is 0. The van der Waals surface area contributed by atoms with Crippen LogP contribution in [0.4, 0.5) is 17.1 Å². The van der Waals surface area contributed by atoms with Gasteiger partial charge in [-0.2, -0.15) is 0 Å². The second kappa shape index (κ2) is 4.59. The smallest absolute Gasteiger partial charge is 0.281 e. The number of hydrogen-bond acceptors (Lipinski definition) is 5. The molecule has 0 fully saturated rings. The van der Waals surface area contributed by atoms with E-state index in [4.69, 9.17) is 0 Å².